The zero-order chi connectivity index (χ0) is 13.1. The molecule has 0 aliphatic carbocycles. The van der Waals surface area contributed by atoms with Crippen molar-refractivity contribution in [2.24, 2.45) is 11.7 Å². The molecule has 17 heavy (non-hydrogen) atoms. The number of hydrogen-bond acceptors (Lipinski definition) is 3. The predicted molar refractivity (Wildman–Crippen MR) is 73.2 cm³/mol. The van der Waals surface area contributed by atoms with Gasteiger partial charge in [0.05, 0.1) is 0 Å². The van der Waals surface area contributed by atoms with Crippen LogP contribution in [0.1, 0.15) is 39.5 Å². The van der Waals surface area contributed by atoms with Crippen LogP contribution in [0.4, 0.5) is 0 Å². The molecule has 5 heteroatoms. The molecule has 4 nitrogen and oxygen atoms in total. The van der Waals surface area contributed by atoms with Crippen molar-refractivity contribution in [2.45, 2.75) is 39.5 Å². The third kappa shape index (κ3) is 9.30. The molecule has 2 atom stereocenters. The van der Waals surface area contributed by atoms with Crippen molar-refractivity contribution >= 4 is 16.7 Å². The lowest BCUT2D eigenvalue weighted by Gasteiger charge is -2.13. The second-order valence-electron chi connectivity index (χ2n) is 4.17. The van der Waals surface area contributed by atoms with Crippen LogP contribution in [0.15, 0.2) is 0 Å². The van der Waals surface area contributed by atoms with Crippen molar-refractivity contribution < 1.29 is 9.00 Å². The molecule has 0 rings (SSSR count). The number of carbonyl (C=O) groups is 1. The van der Waals surface area contributed by atoms with Crippen LogP contribution in [0.3, 0.4) is 0 Å². The summed E-state index contributed by atoms with van der Waals surface area (Å²) in [4.78, 5) is 11.5. The van der Waals surface area contributed by atoms with Gasteiger partial charge in [-0.2, -0.15) is 0 Å². The van der Waals surface area contributed by atoms with E-state index in [1.807, 2.05) is 6.92 Å². The largest absolute Gasteiger partial charge is 0.355 e. The van der Waals surface area contributed by atoms with Gasteiger partial charge in [-0.1, -0.05) is 20.3 Å². The molecular formula is C12H26N2O2S. The first-order valence-electron chi connectivity index (χ1n) is 6.45. The van der Waals surface area contributed by atoms with Gasteiger partial charge >= 0.3 is 0 Å². The maximum absolute atomic E-state index is 11.5. The van der Waals surface area contributed by atoms with Gasteiger partial charge in [0.1, 0.15) is 0 Å². The van der Waals surface area contributed by atoms with Crippen molar-refractivity contribution in [2.75, 3.05) is 24.6 Å². The maximum Gasteiger partial charge on any atom is 0.220 e. The molecule has 2 unspecified atom stereocenters. The highest BCUT2D eigenvalue weighted by Crippen LogP contribution is 2.14. The number of carbonyl (C=O) groups excluding carboxylic acids is 1. The fraction of sp³-hybridized carbons (Fsp3) is 0.917. The van der Waals surface area contributed by atoms with E-state index < -0.39 is 10.8 Å². The topological polar surface area (TPSA) is 72.2 Å². The zero-order valence-electron chi connectivity index (χ0n) is 11.0. The molecule has 0 spiro atoms. The van der Waals surface area contributed by atoms with Crippen molar-refractivity contribution in [3.05, 3.63) is 0 Å². The quantitative estimate of drug-likeness (QED) is 0.617. The smallest absolute Gasteiger partial charge is 0.220 e. The Morgan fingerprint density at radius 3 is 2.59 bits per heavy atom. The van der Waals surface area contributed by atoms with Gasteiger partial charge in [0.25, 0.3) is 0 Å². The lowest BCUT2D eigenvalue weighted by molar-refractivity contribution is -0.121. The number of amides is 1. The van der Waals surface area contributed by atoms with Crippen molar-refractivity contribution in [1.82, 2.24) is 5.32 Å². The van der Waals surface area contributed by atoms with Gasteiger partial charge in [-0.15, -0.1) is 0 Å². The number of rotatable bonds is 10. The molecule has 0 aliphatic heterocycles. The molecular weight excluding hydrogens is 236 g/mol. The molecule has 0 saturated heterocycles. The predicted octanol–water partition coefficient (Wildman–Crippen LogP) is 1.03. The van der Waals surface area contributed by atoms with E-state index in [9.17, 15) is 9.00 Å². The highest BCUT2D eigenvalue weighted by atomic mass is 32.2. The fourth-order valence-corrected chi connectivity index (χ4v) is 2.28. The van der Waals surface area contributed by atoms with Crippen LogP contribution in [0.25, 0.3) is 0 Å². The Labute approximate surface area is 107 Å². The van der Waals surface area contributed by atoms with Gasteiger partial charge in [-0.05, 0) is 25.3 Å². The lowest BCUT2D eigenvalue weighted by atomic mass is 9.96. The normalized spacial score (nSPS) is 14.3. The van der Waals surface area contributed by atoms with Crippen LogP contribution < -0.4 is 11.1 Å². The molecule has 0 aromatic heterocycles. The summed E-state index contributed by atoms with van der Waals surface area (Å²) in [5.74, 6) is 1.83. The van der Waals surface area contributed by atoms with Gasteiger partial charge < -0.3 is 11.1 Å². The second kappa shape index (κ2) is 10.7. The van der Waals surface area contributed by atoms with E-state index >= 15 is 0 Å². The molecule has 102 valence electrons. The highest BCUT2D eigenvalue weighted by molar-refractivity contribution is 7.84. The maximum atomic E-state index is 11.5. The molecule has 0 bridgehead atoms. The SMILES string of the molecule is CCC(CCN)CCC(=O)NCCS(=O)CC. The van der Waals surface area contributed by atoms with Crippen LogP contribution in [-0.2, 0) is 15.6 Å². The van der Waals surface area contributed by atoms with Crippen LogP contribution in [0, 0.1) is 5.92 Å². The van der Waals surface area contributed by atoms with Gasteiger partial charge in [0.15, 0.2) is 0 Å². The summed E-state index contributed by atoms with van der Waals surface area (Å²) < 4.78 is 11.1. The Balaban J connectivity index is 3.61. The summed E-state index contributed by atoms with van der Waals surface area (Å²) in [6.07, 6.45) is 3.52. The summed E-state index contributed by atoms with van der Waals surface area (Å²) in [6, 6.07) is 0. The summed E-state index contributed by atoms with van der Waals surface area (Å²) in [5.41, 5.74) is 5.51. The van der Waals surface area contributed by atoms with Gasteiger partial charge in [-0.3, -0.25) is 9.00 Å². The fourth-order valence-electron chi connectivity index (χ4n) is 1.66. The molecule has 0 heterocycles. The van der Waals surface area contributed by atoms with Gasteiger partial charge in [0.2, 0.25) is 5.91 Å². The summed E-state index contributed by atoms with van der Waals surface area (Å²) >= 11 is 0. The molecule has 0 radical (unpaired) electrons. The monoisotopic (exact) mass is 262 g/mol. The summed E-state index contributed by atoms with van der Waals surface area (Å²) in [7, 11) is -0.792. The molecule has 0 aromatic rings. The van der Waals surface area contributed by atoms with Crippen LogP contribution in [0.2, 0.25) is 0 Å². The molecule has 1 amide bonds. The van der Waals surface area contributed by atoms with Gasteiger partial charge in [0, 0.05) is 35.3 Å². The number of nitrogens with two attached hydrogens (primary N) is 1. The first-order valence-corrected chi connectivity index (χ1v) is 7.94. The standard InChI is InChI=1S/C12H26N2O2S/c1-3-11(7-8-13)5-6-12(15)14-9-10-17(16)4-2/h11H,3-10,13H2,1-2H3,(H,14,15). The molecule has 0 fully saturated rings. The van der Waals surface area contributed by atoms with Crippen molar-refractivity contribution in [3.63, 3.8) is 0 Å². The molecule has 0 saturated carbocycles. The zero-order valence-corrected chi connectivity index (χ0v) is 11.9. The third-order valence-corrected chi connectivity index (χ3v) is 4.21. The number of nitrogens with one attached hydrogen (secondary N) is 1. The van der Waals surface area contributed by atoms with Crippen LogP contribution >= 0.6 is 0 Å². The summed E-state index contributed by atoms with van der Waals surface area (Å²) in [5, 5.41) is 2.81. The van der Waals surface area contributed by atoms with Crippen LogP contribution in [0.5, 0.6) is 0 Å². The number of hydrogen-bond donors (Lipinski definition) is 2. The first-order chi connectivity index (χ1) is 8.13. The van der Waals surface area contributed by atoms with Crippen molar-refractivity contribution in [3.8, 4) is 0 Å². The van der Waals surface area contributed by atoms with Crippen molar-refractivity contribution in [1.29, 1.82) is 0 Å². The second-order valence-corrected chi connectivity index (χ2v) is 6.04. The molecule has 3 N–H and O–H groups in total. The highest BCUT2D eigenvalue weighted by Gasteiger charge is 2.08. The van der Waals surface area contributed by atoms with E-state index in [1.54, 1.807) is 0 Å². The van der Waals surface area contributed by atoms with E-state index in [4.69, 9.17) is 5.73 Å². The van der Waals surface area contributed by atoms with E-state index in [0.29, 0.717) is 36.9 Å². The Morgan fingerprint density at radius 1 is 1.35 bits per heavy atom. The molecule has 0 aromatic carbocycles. The van der Waals surface area contributed by atoms with E-state index in [-0.39, 0.29) is 5.91 Å². The van der Waals surface area contributed by atoms with E-state index in [0.717, 1.165) is 19.3 Å². The van der Waals surface area contributed by atoms with E-state index in [1.165, 1.54) is 0 Å². The minimum Gasteiger partial charge on any atom is -0.355 e. The Bertz CT molecular complexity index is 235. The Morgan fingerprint density at radius 2 is 2.06 bits per heavy atom. The van der Waals surface area contributed by atoms with E-state index in [2.05, 4.69) is 12.2 Å². The van der Waals surface area contributed by atoms with Crippen LogP contribution in [-0.4, -0.2) is 34.7 Å². The minimum absolute atomic E-state index is 0.0635. The average molecular weight is 262 g/mol. The summed E-state index contributed by atoms with van der Waals surface area (Å²) in [6.45, 7) is 5.22. The third-order valence-electron chi connectivity index (χ3n) is 2.91. The Kier molecular flexibility index (Phi) is 10.5. The first kappa shape index (κ1) is 16.6. The van der Waals surface area contributed by atoms with Gasteiger partial charge in [-0.25, -0.2) is 0 Å². The lowest BCUT2D eigenvalue weighted by Crippen LogP contribution is -2.28. The molecule has 0 aliphatic rings. The average Bonchev–Trinajstić information content (AvgIpc) is 2.34. The minimum atomic E-state index is -0.792. The Hall–Kier alpha value is -0.420.